The van der Waals surface area contributed by atoms with E-state index in [1.54, 1.807) is 0 Å². The normalized spacial score (nSPS) is 10.5. The van der Waals surface area contributed by atoms with Gasteiger partial charge in [0, 0.05) is 0 Å². The molecule has 0 saturated carbocycles. The van der Waals surface area contributed by atoms with Crippen LogP contribution in [-0.2, 0) is 0 Å². The standard InChI is InChI=1S/C7H5ClF2N2O3/c1-15-3-2-11-7(12(13)14)5(8)4(3)6(9)10/h2,6H,1H3. The molecule has 0 N–H and O–H groups in total. The molecule has 0 radical (unpaired) electrons. The van der Waals surface area contributed by atoms with Crippen LogP contribution in [0.15, 0.2) is 6.20 Å². The first-order valence-corrected chi connectivity index (χ1v) is 4.01. The highest BCUT2D eigenvalue weighted by Gasteiger charge is 2.27. The van der Waals surface area contributed by atoms with Crippen LogP contribution in [0.2, 0.25) is 5.02 Å². The van der Waals surface area contributed by atoms with Gasteiger partial charge in [-0.15, -0.1) is 0 Å². The van der Waals surface area contributed by atoms with E-state index in [1.807, 2.05) is 0 Å². The van der Waals surface area contributed by atoms with Crippen molar-refractivity contribution in [2.24, 2.45) is 0 Å². The van der Waals surface area contributed by atoms with Crippen LogP contribution in [0.4, 0.5) is 14.6 Å². The van der Waals surface area contributed by atoms with Gasteiger partial charge >= 0.3 is 5.82 Å². The van der Waals surface area contributed by atoms with Crippen LogP contribution in [0.5, 0.6) is 5.75 Å². The number of aromatic nitrogens is 1. The second-order valence-corrected chi connectivity index (χ2v) is 2.81. The Bertz CT molecular complexity index is 400. The first-order valence-electron chi connectivity index (χ1n) is 3.64. The number of hydrogen-bond acceptors (Lipinski definition) is 4. The van der Waals surface area contributed by atoms with Crippen LogP contribution in [-0.4, -0.2) is 17.0 Å². The second kappa shape index (κ2) is 4.35. The number of ether oxygens (including phenoxy) is 1. The van der Waals surface area contributed by atoms with Crippen molar-refractivity contribution in [1.82, 2.24) is 4.98 Å². The maximum absolute atomic E-state index is 12.5. The van der Waals surface area contributed by atoms with E-state index in [2.05, 4.69) is 9.72 Å². The Morgan fingerprint density at radius 3 is 2.67 bits per heavy atom. The van der Waals surface area contributed by atoms with Gasteiger partial charge < -0.3 is 14.9 Å². The zero-order valence-electron chi connectivity index (χ0n) is 7.41. The number of rotatable bonds is 3. The van der Waals surface area contributed by atoms with Crippen LogP contribution in [0.1, 0.15) is 12.0 Å². The van der Waals surface area contributed by atoms with Crippen LogP contribution in [0.25, 0.3) is 0 Å². The van der Waals surface area contributed by atoms with Crippen molar-refractivity contribution < 1.29 is 18.4 Å². The van der Waals surface area contributed by atoms with Gasteiger partial charge in [0.15, 0.2) is 17.0 Å². The van der Waals surface area contributed by atoms with Gasteiger partial charge in [0.25, 0.3) is 6.43 Å². The Morgan fingerprint density at radius 1 is 1.67 bits per heavy atom. The molecule has 0 bridgehead atoms. The van der Waals surface area contributed by atoms with Crippen molar-refractivity contribution in [1.29, 1.82) is 0 Å². The zero-order chi connectivity index (χ0) is 11.6. The van der Waals surface area contributed by atoms with Gasteiger partial charge in [-0.05, 0) is 9.91 Å². The minimum absolute atomic E-state index is 0.277. The molecule has 0 saturated heterocycles. The lowest BCUT2D eigenvalue weighted by molar-refractivity contribution is -0.389. The minimum atomic E-state index is -2.96. The van der Waals surface area contributed by atoms with Gasteiger partial charge in [0.2, 0.25) is 0 Å². The van der Waals surface area contributed by atoms with E-state index in [-0.39, 0.29) is 5.75 Å². The molecule has 5 nitrogen and oxygen atoms in total. The van der Waals surface area contributed by atoms with E-state index in [9.17, 15) is 18.9 Å². The van der Waals surface area contributed by atoms with E-state index >= 15 is 0 Å². The fraction of sp³-hybridized carbons (Fsp3) is 0.286. The average Bonchev–Trinajstić information content (AvgIpc) is 2.15. The van der Waals surface area contributed by atoms with E-state index in [0.717, 1.165) is 13.3 Å². The molecule has 0 unspecified atom stereocenters. The monoisotopic (exact) mass is 238 g/mol. The predicted molar refractivity (Wildman–Crippen MR) is 47.4 cm³/mol. The SMILES string of the molecule is COc1cnc([N+](=O)[O-])c(Cl)c1C(F)F. The molecule has 0 amide bonds. The second-order valence-electron chi connectivity index (χ2n) is 2.44. The molecule has 8 heteroatoms. The Labute approximate surface area is 87.8 Å². The number of halogens is 3. The summed E-state index contributed by atoms with van der Waals surface area (Å²) in [5.41, 5.74) is -0.721. The lowest BCUT2D eigenvalue weighted by Crippen LogP contribution is -2.00. The quantitative estimate of drug-likeness (QED) is 0.600. The zero-order valence-corrected chi connectivity index (χ0v) is 8.16. The van der Waals surface area contributed by atoms with Crippen LogP contribution in [0.3, 0.4) is 0 Å². The molecule has 0 atom stereocenters. The molecule has 0 aliphatic heterocycles. The summed E-state index contributed by atoms with van der Waals surface area (Å²) in [7, 11) is 1.14. The van der Waals surface area contributed by atoms with Crippen molar-refractivity contribution >= 4 is 17.4 Å². The third-order valence-electron chi connectivity index (χ3n) is 1.61. The number of hydrogen-bond donors (Lipinski definition) is 0. The molecule has 0 aliphatic rings. The highest BCUT2D eigenvalue weighted by Crippen LogP contribution is 2.38. The van der Waals surface area contributed by atoms with Crippen molar-refractivity contribution in [2.75, 3.05) is 7.11 Å². The third-order valence-corrected chi connectivity index (χ3v) is 1.99. The molecule has 15 heavy (non-hydrogen) atoms. The highest BCUT2D eigenvalue weighted by molar-refractivity contribution is 6.33. The molecule has 82 valence electrons. The topological polar surface area (TPSA) is 65.3 Å². The molecule has 1 rings (SSSR count). The number of methoxy groups -OCH3 is 1. The molecule has 0 aromatic carbocycles. The van der Waals surface area contributed by atoms with Crippen molar-refractivity contribution in [3.63, 3.8) is 0 Å². The predicted octanol–water partition coefficient (Wildman–Crippen LogP) is 2.59. The van der Waals surface area contributed by atoms with Gasteiger partial charge in [0.1, 0.15) is 0 Å². The Kier molecular flexibility index (Phi) is 3.35. The van der Waals surface area contributed by atoms with Crippen molar-refractivity contribution in [3.8, 4) is 5.75 Å². The Hall–Kier alpha value is -1.50. The van der Waals surface area contributed by atoms with Gasteiger partial charge in [-0.1, -0.05) is 11.6 Å². The molecule has 0 aliphatic carbocycles. The summed E-state index contributed by atoms with van der Waals surface area (Å²) in [4.78, 5) is 12.7. The van der Waals surface area contributed by atoms with E-state index < -0.39 is 27.8 Å². The highest BCUT2D eigenvalue weighted by atomic mass is 35.5. The number of pyridine rings is 1. The number of nitrogens with zero attached hydrogens (tertiary/aromatic N) is 2. The molecule has 0 fully saturated rings. The van der Waals surface area contributed by atoms with Crippen LogP contribution < -0.4 is 4.74 Å². The van der Waals surface area contributed by atoms with Crippen LogP contribution >= 0.6 is 11.6 Å². The molecule has 0 spiro atoms. The Balaban J connectivity index is 3.42. The lowest BCUT2D eigenvalue weighted by atomic mass is 10.2. The summed E-state index contributed by atoms with van der Waals surface area (Å²) in [6.45, 7) is 0. The van der Waals surface area contributed by atoms with Gasteiger partial charge in [-0.2, -0.15) is 0 Å². The molecule has 1 aromatic heterocycles. The fourth-order valence-corrected chi connectivity index (χ4v) is 1.26. The van der Waals surface area contributed by atoms with Gasteiger partial charge in [-0.25, -0.2) is 8.78 Å². The summed E-state index contributed by atoms with van der Waals surface area (Å²) >= 11 is 5.42. The first-order chi connectivity index (χ1) is 6.99. The Morgan fingerprint density at radius 2 is 2.27 bits per heavy atom. The first kappa shape index (κ1) is 11.6. The summed E-state index contributed by atoms with van der Waals surface area (Å²) in [5.74, 6) is -1.09. The summed E-state index contributed by atoms with van der Waals surface area (Å²) < 4.78 is 29.6. The number of alkyl halides is 2. The average molecular weight is 239 g/mol. The lowest BCUT2D eigenvalue weighted by Gasteiger charge is -2.07. The summed E-state index contributed by atoms with van der Waals surface area (Å²) in [5, 5.41) is 9.67. The summed E-state index contributed by atoms with van der Waals surface area (Å²) in [6, 6.07) is 0. The molecular formula is C7H5ClF2N2O3. The van der Waals surface area contributed by atoms with Gasteiger partial charge in [-0.3, -0.25) is 0 Å². The van der Waals surface area contributed by atoms with Gasteiger partial charge in [0.05, 0.1) is 12.7 Å². The van der Waals surface area contributed by atoms with E-state index in [4.69, 9.17) is 11.6 Å². The van der Waals surface area contributed by atoms with Crippen molar-refractivity contribution in [2.45, 2.75) is 6.43 Å². The van der Waals surface area contributed by atoms with E-state index in [1.165, 1.54) is 0 Å². The molecule has 1 aromatic rings. The maximum atomic E-state index is 12.5. The molecule has 1 heterocycles. The smallest absolute Gasteiger partial charge is 0.383 e. The third kappa shape index (κ3) is 2.12. The molecular weight excluding hydrogens is 234 g/mol. The van der Waals surface area contributed by atoms with Crippen molar-refractivity contribution in [3.05, 3.63) is 26.9 Å². The fourth-order valence-electron chi connectivity index (χ4n) is 0.968. The number of nitro groups is 1. The maximum Gasteiger partial charge on any atom is 0.383 e. The van der Waals surface area contributed by atoms with Crippen LogP contribution in [0, 0.1) is 10.1 Å². The largest absolute Gasteiger partial charge is 0.492 e. The minimum Gasteiger partial charge on any atom is -0.492 e. The summed E-state index contributed by atoms with van der Waals surface area (Å²) in [6.07, 6.45) is -2.12. The van der Waals surface area contributed by atoms with E-state index in [0.29, 0.717) is 0 Å².